The monoisotopic (exact) mass is 393 g/mol. The van der Waals surface area contributed by atoms with Crippen LogP contribution in [0.2, 0.25) is 0 Å². The van der Waals surface area contributed by atoms with Crippen molar-refractivity contribution in [3.63, 3.8) is 0 Å². The third-order valence-electron chi connectivity index (χ3n) is 4.73. The molecule has 0 aliphatic heterocycles. The molecule has 0 saturated heterocycles. The van der Waals surface area contributed by atoms with Crippen LogP contribution in [-0.2, 0) is 13.1 Å². The number of pyridine rings is 2. The average Bonchev–Trinajstić information content (AvgIpc) is 2.72. The van der Waals surface area contributed by atoms with Gasteiger partial charge in [0.1, 0.15) is 5.82 Å². The molecule has 0 unspecified atom stereocenters. The van der Waals surface area contributed by atoms with E-state index in [1.807, 2.05) is 17.9 Å². The lowest BCUT2D eigenvalue weighted by molar-refractivity contribution is 0.515. The Labute approximate surface area is 164 Å². The van der Waals surface area contributed by atoms with E-state index in [1.54, 1.807) is 31.0 Å². The fourth-order valence-corrected chi connectivity index (χ4v) is 3.23. The van der Waals surface area contributed by atoms with E-state index < -0.39 is 17.2 Å². The van der Waals surface area contributed by atoms with Gasteiger partial charge in [0, 0.05) is 49.3 Å². The maximum absolute atomic E-state index is 14.2. The highest BCUT2D eigenvalue weighted by Crippen LogP contribution is 2.24. The second kappa shape index (κ2) is 7.75. The van der Waals surface area contributed by atoms with Crippen molar-refractivity contribution in [2.24, 2.45) is 0 Å². The predicted molar refractivity (Wildman–Crippen MR) is 105 cm³/mol. The van der Waals surface area contributed by atoms with E-state index in [2.05, 4.69) is 19.9 Å². The molecule has 0 saturated carbocycles. The van der Waals surface area contributed by atoms with Crippen LogP contribution < -0.4 is 10.5 Å². The van der Waals surface area contributed by atoms with Crippen LogP contribution in [0.4, 0.5) is 14.6 Å². The first-order chi connectivity index (χ1) is 14.0. The number of anilines is 1. The molecule has 0 atom stereocenters. The number of nitrogens with one attached hydrogen (secondary N) is 1. The topological polar surface area (TPSA) is 74.8 Å². The highest BCUT2D eigenvalue weighted by atomic mass is 19.2. The summed E-state index contributed by atoms with van der Waals surface area (Å²) in [6.07, 6.45) is 8.24. The van der Waals surface area contributed by atoms with Gasteiger partial charge in [-0.1, -0.05) is 0 Å². The third-order valence-corrected chi connectivity index (χ3v) is 4.73. The molecule has 3 heterocycles. The van der Waals surface area contributed by atoms with Gasteiger partial charge >= 0.3 is 0 Å². The smallest absolute Gasteiger partial charge is 0.248 e. The molecule has 29 heavy (non-hydrogen) atoms. The summed E-state index contributed by atoms with van der Waals surface area (Å²) in [4.78, 5) is 29.0. The van der Waals surface area contributed by atoms with Gasteiger partial charge in [-0.05, 0) is 41.8 Å². The number of fused-ring (bicyclic) bond motifs is 1. The predicted octanol–water partition coefficient (Wildman–Crippen LogP) is 3.51. The molecule has 4 aromatic rings. The Morgan fingerprint density at radius 1 is 1.00 bits per heavy atom. The molecular formula is C21H17F2N5O. The van der Waals surface area contributed by atoms with Crippen molar-refractivity contribution in [1.29, 1.82) is 0 Å². The summed E-state index contributed by atoms with van der Waals surface area (Å²) in [6.45, 7) is 2.69. The fourth-order valence-electron chi connectivity index (χ4n) is 3.23. The highest BCUT2D eigenvalue weighted by Gasteiger charge is 2.16. The summed E-state index contributed by atoms with van der Waals surface area (Å²) < 4.78 is 27.9. The Bertz CT molecular complexity index is 1230. The molecule has 3 aromatic heterocycles. The number of aromatic amines is 1. The van der Waals surface area contributed by atoms with E-state index in [0.717, 1.165) is 17.2 Å². The number of nitrogens with zero attached hydrogens (tertiary/aromatic N) is 4. The van der Waals surface area contributed by atoms with Crippen LogP contribution in [-0.4, -0.2) is 19.9 Å². The van der Waals surface area contributed by atoms with E-state index in [-0.39, 0.29) is 12.1 Å². The molecule has 8 heteroatoms. The Kier molecular flexibility index (Phi) is 4.99. The minimum absolute atomic E-state index is 0.147. The van der Waals surface area contributed by atoms with E-state index in [1.165, 1.54) is 12.1 Å². The molecule has 1 N–H and O–H groups in total. The molecule has 0 bridgehead atoms. The fraction of sp³-hybridized carbons (Fsp3) is 0.143. The van der Waals surface area contributed by atoms with Gasteiger partial charge in [0.05, 0.1) is 11.7 Å². The van der Waals surface area contributed by atoms with Gasteiger partial charge in [-0.25, -0.2) is 13.8 Å². The van der Waals surface area contributed by atoms with Gasteiger partial charge in [-0.3, -0.25) is 14.8 Å². The molecule has 0 amide bonds. The van der Waals surface area contributed by atoms with E-state index in [4.69, 9.17) is 0 Å². The lowest BCUT2D eigenvalue weighted by Crippen LogP contribution is -2.25. The van der Waals surface area contributed by atoms with Crippen molar-refractivity contribution < 1.29 is 8.78 Å². The van der Waals surface area contributed by atoms with Crippen LogP contribution in [0.5, 0.6) is 0 Å². The SMILES string of the molecule is Cc1cnccc1CN(Cc1cc(=O)[nH]c2c(F)c(F)ccc12)c1cnccn1. The van der Waals surface area contributed by atoms with Gasteiger partial charge in [-0.2, -0.15) is 0 Å². The molecule has 0 aliphatic carbocycles. The third kappa shape index (κ3) is 3.82. The van der Waals surface area contributed by atoms with Crippen LogP contribution in [0.3, 0.4) is 0 Å². The summed E-state index contributed by atoms with van der Waals surface area (Å²) in [5, 5.41) is 0.434. The minimum Gasteiger partial charge on any atom is -0.347 e. The largest absolute Gasteiger partial charge is 0.347 e. The first kappa shape index (κ1) is 18.7. The summed E-state index contributed by atoms with van der Waals surface area (Å²) in [5.41, 5.74) is 1.94. The molecule has 0 aliphatic rings. The van der Waals surface area contributed by atoms with Crippen LogP contribution >= 0.6 is 0 Å². The van der Waals surface area contributed by atoms with E-state index >= 15 is 0 Å². The number of hydrogen-bond acceptors (Lipinski definition) is 5. The van der Waals surface area contributed by atoms with E-state index in [9.17, 15) is 13.6 Å². The van der Waals surface area contributed by atoms with Crippen molar-refractivity contribution in [3.8, 4) is 0 Å². The Hall–Kier alpha value is -3.68. The maximum Gasteiger partial charge on any atom is 0.248 e. The number of halogens is 2. The first-order valence-corrected chi connectivity index (χ1v) is 8.93. The number of aromatic nitrogens is 4. The molecule has 6 nitrogen and oxygen atoms in total. The van der Waals surface area contributed by atoms with Gasteiger partial charge in [0.2, 0.25) is 5.56 Å². The average molecular weight is 393 g/mol. The Morgan fingerprint density at radius 3 is 2.55 bits per heavy atom. The number of benzene rings is 1. The normalized spacial score (nSPS) is 11.0. The van der Waals surface area contributed by atoms with Gasteiger partial charge < -0.3 is 9.88 Å². The molecule has 0 fully saturated rings. The second-order valence-corrected chi connectivity index (χ2v) is 6.66. The maximum atomic E-state index is 14.2. The van der Waals surface area contributed by atoms with Crippen molar-refractivity contribution in [3.05, 3.63) is 93.9 Å². The van der Waals surface area contributed by atoms with Crippen LogP contribution in [0.1, 0.15) is 16.7 Å². The molecular weight excluding hydrogens is 376 g/mol. The Morgan fingerprint density at radius 2 is 1.79 bits per heavy atom. The number of aryl methyl sites for hydroxylation is 1. The zero-order valence-electron chi connectivity index (χ0n) is 15.6. The quantitative estimate of drug-likeness (QED) is 0.562. The molecule has 1 aromatic carbocycles. The number of rotatable bonds is 5. The zero-order chi connectivity index (χ0) is 20.4. The lowest BCUT2D eigenvalue weighted by atomic mass is 10.1. The minimum atomic E-state index is -1.07. The lowest BCUT2D eigenvalue weighted by Gasteiger charge is -2.25. The van der Waals surface area contributed by atoms with Gasteiger partial charge in [0.15, 0.2) is 11.6 Å². The number of H-pyrrole nitrogens is 1. The van der Waals surface area contributed by atoms with Gasteiger partial charge in [0.25, 0.3) is 0 Å². The summed E-state index contributed by atoms with van der Waals surface area (Å²) in [7, 11) is 0. The van der Waals surface area contributed by atoms with Crippen LogP contribution in [0.15, 0.2) is 60.0 Å². The van der Waals surface area contributed by atoms with Crippen molar-refractivity contribution in [2.75, 3.05) is 4.90 Å². The summed E-state index contributed by atoms with van der Waals surface area (Å²) >= 11 is 0. The van der Waals surface area contributed by atoms with Crippen molar-refractivity contribution in [2.45, 2.75) is 20.0 Å². The number of hydrogen-bond donors (Lipinski definition) is 1. The highest BCUT2D eigenvalue weighted by molar-refractivity contribution is 5.82. The Balaban J connectivity index is 1.80. The molecule has 0 spiro atoms. The van der Waals surface area contributed by atoms with Crippen molar-refractivity contribution in [1.82, 2.24) is 19.9 Å². The van der Waals surface area contributed by atoms with Crippen LogP contribution in [0.25, 0.3) is 10.9 Å². The molecule has 4 rings (SSSR count). The molecule has 146 valence electrons. The van der Waals surface area contributed by atoms with Gasteiger partial charge in [-0.15, -0.1) is 0 Å². The first-order valence-electron chi connectivity index (χ1n) is 8.93. The summed E-state index contributed by atoms with van der Waals surface area (Å²) in [6, 6.07) is 5.82. The zero-order valence-corrected chi connectivity index (χ0v) is 15.6. The van der Waals surface area contributed by atoms with E-state index in [0.29, 0.717) is 23.3 Å². The second-order valence-electron chi connectivity index (χ2n) is 6.66. The van der Waals surface area contributed by atoms with Crippen LogP contribution in [0, 0.1) is 18.6 Å². The van der Waals surface area contributed by atoms with Crippen molar-refractivity contribution >= 4 is 16.7 Å². The molecule has 0 radical (unpaired) electrons. The summed E-state index contributed by atoms with van der Waals surface area (Å²) in [5.74, 6) is -1.49. The standard InChI is InChI=1S/C21H17F2N5O/c1-13-9-24-5-4-14(13)11-28(18-10-25-6-7-26-18)12-15-8-19(29)27-21-16(15)2-3-17(22)20(21)23/h2-10H,11-12H2,1H3,(H,27,29).